The second kappa shape index (κ2) is 7.86. The van der Waals surface area contributed by atoms with Crippen molar-refractivity contribution in [2.24, 2.45) is 45.8 Å². The molecule has 4 rings (SSSR count). The Bertz CT molecular complexity index is 708. The SMILES string of the molecule is C[C@H](CC[C@@H](C)O)[C@H]1CC[C@H]2[C@]3(C)CC[C@H]4C[C@](O)(C(F)(F)F)CC[C@]4(C)[C@H]3CC[C@@]21C. The van der Waals surface area contributed by atoms with Crippen molar-refractivity contribution >= 4 is 0 Å². The van der Waals surface area contributed by atoms with Gasteiger partial charge in [-0.2, -0.15) is 13.2 Å². The lowest BCUT2D eigenvalue weighted by Crippen LogP contribution is -2.62. The third-order valence-electron chi connectivity index (χ3n) is 11.6. The van der Waals surface area contributed by atoms with Gasteiger partial charge in [-0.1, -0.05) is 27.7 Å². The maximum atomic E-state index is 13.6. The fourth-order valence-electron chi connectivity index (χ4n) is 9.86. The molecule has 4 fully saturated rings. The smallest absolute Gasteiger partial charge is 0.393 e. The predicted octanol–water partition coefficient (Wildman–Crippen LogP) is 7.13. The Kier molecular flexibility index (Phi) is 6.10. The second-order valence-corrected chi connectivity index (χ2v) is 13.2. The van der Waals surface area contributed by atoms with Gasteiger partial charge in [0.15, 0.2) is 5.60 Å². The molecular weight excluding hydrogens is 413 g/mol. The van der Waals surface area contributed by atoms with Gasteiger partial charge in [0.05, 0.1) is 6.10 Å². The minimum atomic E-state index is -4.53. The van der Waals surface area contributed by atoms with Crippen molar-refractivity contribution in [1.29, 1.82) is 0 Å². The van der Waals surface area contributed by atoms with E-state index in [1.54, 1.807) is 0 Å². The third-order valence-corrected chi connectivity index (χ3v) is 11.6. The number of halogens is 3. The van der Waals surface area contributed by atoms with Crippen LogP contribution in [0.4, 0.5) is 13.2 Å². The summed E-state index contributed by atoms with van der Waals surface area (Å²) in [6.45, 7) is 11.5. The van der Waals surface area contributed by atoms with E-state index in [0.29, 0.717) is 35.5 Å². The van der Waals surface area contributed by atoms with E-state index in [-0.39, 0.29) is 35.7 Å². The zero-order chi connectivity index (χ0) is 23.7. The molecule has 0 saturated heterocycles. The van der Waals surface area contributed by atoms with Crippen LogP contribution in [0.15, 0.2) is 0 Å². The van der Waals surface area contributed by atoms with Crippen LogP contribution in [0.2, 0.25) is 0 Å². The van der Waals surface area contributed by atoms with Crippen LogP contribution in [0.25, 0.3) is 0 Å². The van der Waals surface area contributed by atoms with Crippen LogP contribution in [0.3, 0.4) is 0 Å². The van der Waals surface area contributed by atoms with Crippen molar-refractivity contribution in [2.75, 3.05) is 0 Å². The van der Waals surface area contributed by atoms with Gasteiger partial charge >= 0.3 is 6.18 Å². The lowest BCUT2D eigenvalue weighted by atomic mass is 9.38. The summed E-state index contributed by atoms with van der Waals surface area (Å²) in [6.07, 6.45) is 3.99. The maximum Gasteiger partial charge on any atom is 0.417 e. The standard InChI is InChI=1S/C27H45F3O2/c1-17(6-7-18(2)31)20-8-9-21-24(20,4)13-11-22-23(3)14-15-26(32,27(28,29)30)16-19(23)10-12-25(21,22)5/h17-22,31-32H,6-16H2,1-5H3/t17-,18-,19+,20-,21-,22-,23+,24-,25+,26+/m1/s1. The van der Waals surface area contributed by atoms with Gasteiger partial charge in [-0.25, -0.2) is 0 Å². The molecule has 0 unspecified atom stereocenters. The van der Waals surface area contributed by atoms with E-state index in [4.69, 9.17) is 0 Å². The molecular formula is C27H45F3O2. The van der Waals surface area contributed by atoms with Crippen LogP contribution in [-0.2, 0) is 0 Å². The lowest BCUT2D eigenvalue weighted by molar-refractivity contribution is -0.294. The number of rotatable bonds is 4. The molecule has 4 aliphatic rings. The highest BCUT2D eigenvalue weighted by molar-refractivity contribution is 5.15. The van der Waals surface area contributed by atoms with Crippen LogP contribution < -0.4 is 0 Å². The number of alkyl halides is 3. The molecule has 186 valence electrons. The van der Waals surface area contributed by atoms with E-state index < -0.39 is 11.8 Å². The number of hydrogen-bond acceptors (Lipinski definition) is 2. The second-order valence-electron chi connectivity index (χ2n) is 13.2. The van der Waals surface area contributed by atoms with E-state index in [9.17, 15) is 23.4 Å². The lowest BCUT2D eigenvalue weighted by Gasteiger charge is -2.66. The quantitative estimate of drug-likeness (QED) is 0.471. The largest absolute Gasteiger partial charge is 0.417 e. The highest BCUT2D eigenvalue weighted by Crippen LogP contribution is 2.73. The summed E-state index contributed by atoms with van der Waals surface area (Å²) in [4.78, 5) is 0. The molecule has 2 N–H and O–H groups in total. The van der Waals surface area contributed by atoms with Crippen molar-refractivity contribution in [3.8, 4) is 0 Å². The molecule has 10 atom stereocenters. The molecule has 0 amide bonds. The molecule has 0 heterocycles. The Morgan fingerprint density at radius 3 is 2.06 bits per heavy atom. The summed E-state index contributed by atoms with van der Waals surface area (Å²) in [6, 6.07) is 0. The highest BCUT2D eigenvalue weighted by atomic mass is 19.4. The highest BCUT2D eigenvalue weighted by Gasteiger charge is 2.68. The van der Waals surface area contributed by atoms with Gasteiger partial charge in [0.25, 0.3) is 0 Å². The van der Waals surface area contributed by atoms with Crippen molar-refractivity contribution in [3.63, 3.8) is 0 Å². The average Bonchev–Trinajstić information content (AvgIpc) is 3.04. The molecule has 2 nitrogen and oxygen atoms in total. The first kappa shape index (κ1) is 24.8. The Morgan fingerprint density at radius 1 is 0.812 bits per heavy atom. The Morgan fingerprint density at radius 2 is 1.44 bits per heavy atom. The van der Waals surface area contributed by atoms with Crippen LogP contribution in [0.1, 0.15) is 105 Å². The third kappa shape index (κ3) is 3.58. The summed E-state index contributed by atoms with van der Waals surface area (Å²) in [7, 11) is 0. The Labute approximate surface area is 192 Å². The van der Waals surface area contributed by atoms with Gasteiger partial charge in [-0.05, 0) is 123 Å². The van der Waals surface area contributed by atoms with E-state index >= 15 is 0 Å². The molecule has 5 heteroatoms. The van der Waals surface area contributed by atoms with Crippen LogP contribution >= 0.6 is 0 Å². The minimum absolute atomic E-state index is 0.0347. The normalized spacial score (nSPS) is 50.8. The van der Waals surface area contributed by atoms with Crippen molar-refractivity contribution in [2.45, 2.75) is 123 Å². The molecule has 32 heavy (non-hydrogen) atoms. The Hall–Kier alpha value is -0.290. The monoisotopic (exact) mass is 458 g/mol. The molecule has 0 aromatic carbocycles. The molecule has 0 spiro atoms. The van der Waals surface area contributed by atoms with E-state index in [1.807, 2.05) is 6.92 Å². The first-order valence-electron chi connectivity index (χ1n) is 13.1. The molecule has 0 radical (unpaired) electrons. The topological polar surface area (TPSA) is 40.5 Å². The molecule has 4 aliphatic carbocycles. The zero-order valence-corrected chi connectivity index (χ0v) is 20.8. The van der Waals surface area contributed by atoms with Gasteiger partial charge < -0.3 is 10.2 Å². The van der Waals surface area contributed by atoms with Crippen LogP contribution in [0.5, 0.6) is 0 Å². The first-order valence-corrected chi connectivity index (χ1v) is 13.1. The van der Waals surface area contributed by atoms with Gasteiger partial charge in [-0.3, -0.25) is 0 Å². The van der Waals surface area contributed by atoms with Crippen molar-refractivity contribution in [3.05, 3.63) is 0 Å². The van der Waals surface area contributed by atoms with E-state index in [1.165, 1.54) is 19.3 Å². The summed E-state index contributed by atoms with van der Waals surface area (Å²) in [5, 5.41) is 20.2. The summed E-state index contributed by atoms with van der Waals surface area (Å²) in [5.74, 6) is 2.33. The van der Waals surface area contributed by atoms with Gasteiger partial charge in [0.2, 0.25) is 0 Å². The fourth-order valence-corrected chi connectivity index (χ4v) is 9.86. The molecule has 0 aromatic heterocycles. The zero-order valence-electron chi connectivity index (χ0n) is 20.8. The van der Waals surface area contributed by atoms with E-state index in [0.717, 1.165) is 32.1 Å². The minimum Gasteiger partial charge on any atom is -0.393 e. The maximum absolute atomic E-state index is 13.6. The number of aliphatic hydroxyl groups is 2. The van der Waals surface area contributed by atoms with Crippen LogP contribution in [-0.4, -0.2) is 28.1 Å². The van der Waals surface area contributed by atoms with Gasteiger partial charge in [0, 0.05) is 0 Å². The fraction of sp³-hybridized carbons (Fsp3) is 1.00. The summed E-state index contributed by atoms with van der Waals surface area (Å²) >= 11 is 0. The summed E-state index contributed by atoms with van der Waals surface area (Å²) in [5.41, 5.74) is -2.10. The number of fused-ring (bicyclic) bond motifs is 5. The average molecular weight is 459 g/mol. The molecule has 4 saturated carbocycles. The van der Waals surface area contributed by atoms with Crippen molar-refractivity contribution in [1.82, 2.24) is 0 Å². The molecule has 0 aromatic rings. The van der Waals surface area contributed by atoms with Gasteiger partial charge in [-0.15, -0.1) is 0 Å². The predicted molar refractivity (Wildman–Crippen MR) is 121 cm³/mol. The van der Waals surface area contributed by atoms with Crippen molar-refractivity contribution < 1.29 is 23.4 Å². The molecule has 0 aliphatic heterocycles. The number of hydrogen-bond donors (Lipinski definition) is 2. The first-order chi connectivity index (χ1) is 14.7. The van der Waals surface area contributed by atoms with Gasteiger partial charge in [0.1, 0.15) is 0 Å². The number of aliphatic hydroxyl groups excluding tert-OH is 1. The molecule has 0 bridgehead atoms. The van der Waals surface area contributed by atoms with Crippen LogP contribution in [0, 0.1) is 45.8 Å². The summed E-state index contributed by atoms with van der Waals surface area (Å²) < 4.78 is 40.8. The van der Waals surface area contributed by atoms with E-state index in [2.05, 4.69) is 27.7 Å². The Balaban J connectivity index is 1.56.